The maximum atomic E-state index is 12.8. The van der Waals surface area contributed by atoms with Gasteiger partial charge >= 0.3 is 0 Å². The van der Waals surface area contributed by atoms with Crippen molar-refractivity contribution in [1.82, 2.24) is 9.97 Å². The van der Waals surface area contributed by atoms with Gasteiger partial charge in [0.15, 0.2) is 10.3 Å². The van der Waals surface area contributed by atoms with Crippen LogP contribution < -0.4 is 15.0 Å². The second-order valence-electron chi connectivity index (χ2n) is 7.07. The van der Waals surface area contributed by atoms with Gasteiger partial charge in [0.25, 0.3) is 5.91 Å². The van der Waals surface area contributed by atoms with Gasteiger partial charge in [-0.05, 0) is 37.5 Å². The lowest BCUT2D eigenvalue weighted by Crippen LogP contribution is -2.30. The van der Waals surface area contributed by atoms with Crippen LogP contribution in [0.25, 0.3) is 10.2 Å². The monoisotopic (exact) mass is 432 g/mol. The van der Waals surface area contributed by atoms with E-state index in [0.717, 1.165) is 22.4 Å². The molecule has 0 fully saturated rings. The fourth-order valence-corrected chi connectivity index (χ4v) is 4.64. The summed E-state index contributed by atoms with van der Waals surface area (Å²) in [5, 5.41) is 3.91. The Labute approximate surface area is 177 Å². The Bertz CT molecular complexity index is 1040. The summed E-state index contributed by atoms with van der Waals surface area (Å²) in [4.78, 5) is 35.9. The number of hydrogen-bond acceptors (Lipinski definition) is 7. The van der Waals surface area contributed by atoms with Crippen LogP contribution in [0.5, 0.6) is 5.75 Å². The van der Waals surface area contributed by atoms with Gasteiger partial charge in [0.05, 0.1) is 23.0 Å². The normalized spacial score (nSPS) is 11.1. The maximum Gasteiger partial charge on any atom is 0.269 e. The van der Waals surface area contributed by atoms with E-state index in [1.54, 1.807) is 18.9 Å². The Morgan fingerprint density at radius 1 is 1.24 bits per heavy atom. The predicted octanol–water partition coefficient (Wildman–Crippen LogP) is 4.72. The Hall–Kier alpha value is -2.52. The molecule has 2 heterocycles. The van der Waals surface area contributed by atoms with Gasteiger partial charge in [0.1, 0.15) is 10.6 Å². The lowest BCUT2D eigenvalue weighted by molar-refractivity contribution is -0.116. The number of fused-ring (bicyclic) bond motifs is 1. The number of thiazole rings is 2. The van der Waals surface area contributed by atoms with Gasteiger partial charge < -0.3 is 4.74 Å². The minimum atomic E-state index is -0.273. The van der Waals surface area contributed by atoms with Crippen LogP contribution in [0, 0.1) is 12.8 Å². The average molecular weight is 433 g/mol. The van der Waals surface area contributed by atoms with Crippen LogP contribution >= 0.6 is 22.7 Å². The van der Waals surface area contributed by atoms with Gasteiger partial charge in [0, 0.05) is 13.5 Å². The summed E-state index contributed by atoms with van der Waals surface area (Å²) >= 11 is 2.61. The number of amides is 2. The molecule has 0 saturated carbocycles. The molecular weight excluding hydrogens is 408 g/mol. The molecule has 154 valence electrons. The van der Waals surface area contributed by atoms with Gasteiger partial charge in [-0.3, -0.25) is 19.8 Å². The fourth-order valence-electron chi connectivity index (χ4n) is 2.72. The Kier molecular flexibility index (Phi) is 6.49. The predicted molar refractivity (Wildman–Crippen MR) is 118 cm³/mol. The first-order chi connectivity index (χ1) is 13.8. The number of nitrogens with one attached hydrogen (secondary N) is 1. The number of hydrogen-bond donors (Lipinski definition) is 1. The van der Waals surface area contributed by atoms with Crippen molar-refractivity contribution in [1.29, 1.82) is 0 Å². The van der Waals surface area contributed by atoms with Crippen molar-refractivity contribution in [3.05, 3.63) is 28.8 Å². The molecule has 0 atom stereocenters. The lowest BCUT2D eigenvalue weighted by atomic mass is 10.1. The number of benzene rings is 1. The van der Waals surface area contributed by atoms with Crippen molar-refractivity contribution in [3.63, 3.8) is 0 Å². The maximum absolute atomic E-state index is 12.8. The highest BCUT2D eigenvalue weighted by Gasteiger charge is 2.22. The van der Waals surface area contributed by atoms with Gasteiger partial charge in [-0.15, -0.1) is 0 Å². The van der Waals surface area contributed by atoms with E-state index in [0.29, 0.717) is 33.3 Å². The zero-order valence-electron chi connectivity index (χ0n) is 17.1. The molecule has 2 aromatic heterocycles. The Morgan fingerprint density at radius 3 is 2.66 bits per heavy atom. The Morgan fingerprint density at radius 2 is 2.00 bits per heavy atom. The van der Waals surface area contributed by atoms with E-state index in [9.17, 15) is 9.59 Å². The summed E-state index contributed by atoms with van der Waals surface area (Å²) < 4.78 is 6.16. The Balaban J connectivity index is 1.80. The molecule has 0 aliphatic rings. The molecule has 0 bridgehead atoms. The summed E-state index contributed by atoms with van der Waals surface area (Å²) in [6, 6.07) is 5.58. The van der Waals surface area contributed by atoms with E-state index in [1.165, 1.54) is 29.6 Å². The molecule has 29 heavy (non-hydrogen) atoms. The van der Waals surface area contributed by atoms with Crippen molar-refractivity contribution >= 4 is 55.0 Å². The van der Waals surface area contributed by atoms with Crippen LogP contribution in [-0.2, 0) is 4.79 Å². The molecule has 0 aliphatic heterocycles. The standard InChI is InChI=1S/C20H24N4O3S2/c1-11(2)8-9-24(13(4)25)20-21-12(3)17(29-20)18(26)23-19-22-15-7-6-14(27-5)10-16(15)28-19/h6-7,10-11H,8-9H2,1-5H3,(H,22,23,26). The van der Waals surface area contributed by atoms with Crippen LogP contribution in [0.4, 0.5) is 10.3 Å². The van der Waals surface area contributed by atoms with Gasteiger partial charge in [0.2, 0.25) is 5.91 Å². The number of nitrogens with zero attached hydrogens (tertiary/aromatic N) is 3. The molecule has 0 aliphatic carbocycles. The molecule has 7 nitrogen and oxygen atoms in total. The highest BCUT2D eigenvalue weighted by Crippen LogP contribution is 2.31. The van der Waals surface area contributed by atoms with E-state index in [4.69, 9.17) is 4.74 Å². The smallest absolute Gasteiger partial charge is 0.269 e. The zero-order chi connectivity index (χ0) is 21.1. The van der Waals surface area contributed by atoms with Crippen molar-refractivity contribution in [2.45, 2.75) is 34.1 Å². The number of carbonyl (C=O) groups is 2. The first-order valence-electron chi connectivity index (χ1n) is 9.30. The second-order valence-corrected chi connectivity index (χ2v) is 9.08. The van der Waals surface area contributed by atoms with Crippen molar-refractivity contribution < 1.29 is 14.3 Å². The fraction of sp³-hybridized carbons (Fsp3) is 0.400. The van der Waals surface area contributed by atoms with Crippen molar-refractivity contribution in [2.24, 2.45) is 5.92 Å². The molecule has 0 spiro atoms. The highest BCUT2D eigenvalue weighted by atomic mass is 32.1. The molecular formula is C20H24N4O3S2. The molecule has 0 saturated heterocycles. The SMILES string of the molecule is COc1ccc2nc(NC(=O)c3sc(N(CCC(C)C)C(C)=O)nc3C)sc2c1. The molecule has 1 aromatic carbocycles. The summed E-state index contributed by atoms with van der Waals surface area (Å²) in [5.41, 5.74) is 1.39. The molecule has 1 N–H and O–H groups in total. The van der Waals surface area contributed by atoms with Gasteiger partial charge in [-0.25, -0.2) is 9.97 Å². The third kappa shape index (κ3) is 4.91. The van der Waals surface area contributed by atoms with Crippen LogP contribution in [-0.4, -0.2) is 35.4 Å². The van der Waals surface area contributed by atoms with E-state index < -0.39 is 0 Å². The molecule has 2 amide bonds. The topological polar surface area (TPSA) is 84.4 Å². The summed E-state index contributed by atoms with van der Waals surface area (Å²) in [6.07, 6.45) is 0.870. The van der Waals surface area contributed by atoms with Crippen LogP contribution in [0.3, 0.4) is 0 Å². The highest BCUT2D eigenvalue weighted by molar-refractivity contribution is 7.22. The third-order valence-electron chi connectivity index (χ3n) is 4.35. The first kappa shape index (κ1) is 21.2. The first-order valence-corrected chi connectivity index (χ1v) is 10.9. The van der Waals surface area contributed by atoms with Crippen LogP contribution in [0.2, 0.25) is 0 Å². The summed E-state index contributed by atoms with van der Waals surface area (Å²) in [5.74, 6) is 0.863. The number of anilines is 2. The number of aromatic nitrogens is 2. The zero-order valence-corrected chi connectivity index (χ0v) is 18.7. The third-order valence-corrected chi connectivity index (χ3v) is 6.46. The number of methoxy groups -OCH3 is 1. The second kappa shape index (κ2) is 8.87. The lowest BCUT2D eigenvalue weighted by Gasteiger charge is -2.18. The number of rotatable bonds is 7. The molecule has 9 heteroatoms. The molecule has 3 rings (SSSR count). The molecule has 0 radical (unpaired) electrons. The quantitative estimate of drug-likeness (QED) is 0.584. The van der Waals surface area contributed by atoms with Crippen LogP contribution in [0.1, 0.15) is 42.6 Å². The van der Waals surface area contributed by atoms with E-state index >= 15 is 0 Å². The summed E-state index contributed by atoms with van der Waals surface area (Å²) in [7, 11) is 1.61. The van der Waals surface area contributed by atoms with E-state index in [2.05, 4.69) is 29.1 Å². The number of aryl methyl sites for hydroxylation is 1. The minimum absolute atomic E-state index is 0.0773. The van der Waals surface area contributed by atoms with Gasteiger partial charge in [-0.2, -0.15) is 0 Å². The molecule has 0 unspecified atom stereocenters. The average Bonchev–Trinajstić information content (AvgIpc) is 3.23. The molecule has 3 aromatic rings. The van der Waals surface area contributed by atoms with Gasteiger partial charge in [-0.1, -0.05) is 36.5 Å². The summed E-state index contributed by atoms with van der Waals surface area (Å²) in [6.45, 7) is 8.10. The van der Waals surface area contributed by atoms with E-state index in [1.807, 2.05) is 18.2 Å². The minimum Gasteiger partial charge on any atom is -0.497 e. The van der Waals surface area contributed by atoms with Crippen molar-refractivity contribution in [2.75, 3.05) is 23.9 Å². The van der Waals surface area contributed by atoms with Crippen LogP contribution in [0.15, 0.2) is 18.2 Å². The number of carbonyl (C=O) groups excluding carboxylic acids is 2. The largest absolute Gasteiger partial charge is 0.497 e. The number of ether oxygens (including phenoxy) is 1. The van der Waals surface area contributed by atoms with E-state index in [-0.39, 0.29) is 11.8 Å². The van der Waals surface area contributed by atoms with Crippen molar-refractivity contribution in [3.8, 4) is 5.75 Å².